The van der Waals surface area contributed by atoms with Crippen LogP contribution >= 0.6 is 0 Å². The minimum atomic E-state index is -0.621. The molecule has 5 heteroatoms. The highest BCUT2D eigenvalue weighted by Crippen LogP contribution is 2.47. The zero-order valence-electron chi connectivity index (χ0n) is 13.3. The third-order valence-electron chi connectivity index (χ3n) is 4.73. The summed E-state index contributed by atoms with van der Waals surface area (Å²) < 4.78 is 16.3. The van der Waals surface area contributed by atoms with Gasteiger partial charge < -0.3 is 14.2 Å². The van der Waals surface area contributed by atoms with E-state index < -0.39 is 11.9 Å². The van der Waals surface area contributed by atoms with Gasteiger partial charge in [-0.1, -0.05) is 24.3 Å². The number of carbonyl (C=O) groups excluding carboxylic acids is 2. The zero-order chi connectivity index (χ0) is 17.1. The predicted octanol–water partition coefficient (Wildman–Crippen LogP) is 3.86. The fourth-order valence-electron chi connectivity index (χ4n) is 3.57. The molecule has 2 aliphatic heterocycles. The second kappa shape index (κ2) is 4.83. The first-order valence-corrected chi connectivity index (χ1v) is 7.86. The molecule has 0 N–H and O–H groups in total. The summed E-state index contributed by atoms with van der Waals surface area (Å²) >= 11 is 0. The van der Waals surface area contributed by atoms with Gasteiger partial charge in [0.1, 0.15) is 5.75 Å². The number of benzene rings is 3. The normalized spacial score (nSPS) is 14.4. The van der Waals surface area contributed by atoms with E-state index in [2.05, 4.69) is 0 Å². The van der Waals surface area contributed by atoms with E-state index in [0.29, 0.717) is 28.9 Å². The van der Waals surface area contributed by atoms with Crippen molar-refractivity contribution in [2.24, 2.45) is 0 Å². The molecule has 5 nitrogen and oxygen atoms in total. The highest BCUT2D eigenvalue weighted by molar-refractivity contribution is 6.21. The van der Waals surface area contributed by atoms with Gasteiger partial charge in [-0.25, -0.2) is 9.59 Å². The molecule has 2 heterocycles. The van der Waals surface area contributed by atoms with Gasteiger partial charge in [0, 0.05) is 17.4 Å². The van der Waals surface area contributed by atoms with Crippen LogP contribution in [0.5, 0.6) is 17.2 Å². The Hall–Kier alpha value is -3.34. The number of methoxy groups -OCH3 is 1. The average molecular weight is 332 g/mol. The fourth-order valence-corrected chi connectivity index (χ4v) is 3.57. The molecule has 0 aliphatic carbocycles. The van der Waals surface area contributed by atoms with Crippen molar-refractivity contribution in [1.82, 2.24) is 0 Å². The van der Waals surface area contributed by atoms with Gasteiger partial charge in [-0.2, -0.15) is 0 Å². The van der Waals surface area contributed by atoms with Crippen molar-refractivity contribution in [3.63, 3.8) is 0 Å². The van der Waals surface area contributed by atoms with Crippen LogP contribution in [0.3, 0.4) is 0 Å². The first kappa shape index (κ1) is 14.0. The number of carbonyl (C=O) groups is 2. The van der Waals surface area contributed by atoms with E-state index in [0.717, 1.165) is 22.3 Å². The maximum absolute atomic E-state index is 12.1. The third-order valence-corrected chi connectivity index (χ3v) is 4.73. The summed E-state index contributed by atoms with van der Waals surface area (Å²) in [5.74, 6) is 0.734. The van der Waals surface area contributed by atoms with Gasteiger partial charge in [-0.3, -0.25) is 0 Å². The van der Waals surface area contributed by atoms with Crippen LogP contribution in [0.15, 0.2) is 42.5 Å². The van der Waals surface area contributed by atoms with Crippen molar-refractivity contribution < 1.29 is 23.8 Å². The molecule has 0 fully saturated rings. The van der Waals surface area contributed by atoms with Crippen LogP contribution in [0.2, 0.25) is 0 Å². The van der Waals surface area contributed by atoms with Crippen LogP contribution in [-0.2, 0) is 11.2 Å². The number of cyclic esters (lactones) is 2. The van der Waals surface area contributed by atoms with Gasteiger partial charge in [0.2, 0.25) is 0 Å². The molecule has 0 saturated carbocycles. The SMILES string of the molecule is COc1cc2c3c(ccc2c2c1Oc1ccccc1C2)C(=O)OC3=O. The summed E-state index contributed by atoms with van der Waals surface area (Å²) in [6.45, 7) is 0. The fraction of sp³-hybridized carbons (Fsp3) is 0.100. The number of esters is 2. The lowest BCUT2D eigenvalue weighted by Crippen LogP contribution is -2.06. The number of hydrogen-bond acceptors (Lipinski definition) is 5. The summed E-state index contributed by atoms with van der Waals surface area (Å²) in [6, 6.07) is 13.0. The maximum Gasteiger partial charge on any atom is 0.347 e. The Morgan fingerprint density at radius 1 is 0.960 bits per heavy atom. The van der Waals surface area contributed by atoms with E-state index in [9.17, 15) is 9.59 Å². The van der Waals surface area contributed by atoms with Gasteiger partial charge >= 0.3 is 11.9 Å². The molecule has 2 aliphatic rings. The molecule has 25 heavy (non-hydrogen) atoms. The van der Waals surface area contributed by atoms with Crippen LogP contribution < -0.4 is 9.47 Å². The molecule has 0 amide bonds. The summed E-state index contributed by atoms with van der Waals surface area (Å²) in [4.78, 5) is 24.0. The highest BCUT2D eigenvalue weighted by atomic mass is 16.6. The van der Waals surface area contributed by atoms with Crippen LogP contribution in [-0.4, -0.2) is 19.0 Å². The average Bonchev–Trinajstić information content (AvgIpc) is 2.93. The van der Waals surface area contributed by atoms with Crippen molar-refractivity contribution in [2.75, 3.05) is 7.11 Å². The first-order chi connectivity index (χ1) is 12.2. The Labute approximate surface area is 142 Å². The third kappa shape index (κ3) is 1.83. The molecular weight excluding hydrogens is 320 g/mol. The van der Waals surface area contributed by atoms with E-state index in [1.165, 1.54) is 0 Å². The standard InChI is InChI=1S/C20H12O5/c1-23-16-9-13-11(6-7-12-17(13)20(22)25-19(12)21)14-8-10-4-2-3-5-15(10)24-18(14)16/h2-7,9H,8H2,1H3. The first-order valence-electron chi connectivity index (χ1n) is 7.86. The van der Waals surface area contributed by atoms with Crippen LogP contribution in [0.25, 0.3) is 10.8 Å². The molecule has 0 saturated heterocycles. The van der Waals surface area contributed by atoms with Crippen LogP contribution in [0, 0.1) is 0 Å². The van der Waals surface area contributed by atoms with E-state index >= 15 is 0 Å². The largest absolute Gasteiger partial charge is 0.493 e. The topological polar surface area (TPSA) is 61.8 Å². The number of fused-ring (bicyclic) bond motifs is 6. The van der Waals surface area contributed by atoms with Crippen molar-refractivity contribution in [2.45, 2.75) is 6.42 Å². The molecule has 0 unspecified atom stereocenters. The molecule has 0 radical (unpaired) electrons. The lowest BCUT2D eigenvalue weighted by atomic mass is 9.91. The monoisotopic (exact) mass is 332 g/mol. The van der Waals surface area contributed by atoms with Gasteiger partial charge in [0.05, 0.1) is 18.2 Å². The maximum atomic E-state index is 12.1. The number of hydrogen-bond donors (Lipinski definition) is 0. The van der Waals surface area contributed by atoms with Crippen molar-refractivity contribution in [3.05, 3.63) is 64.7 Å². The van der Waals surface area contributed by atoms with E-state index in [-0.39, 0.29) is 5.56 Å². The molecule has 3 aromatic carbocycles. The van der Waals surface area contributed by atoms with Gasteiger partial charge in [-0.05, 0) is 29.1 Å². The summed E-state index contributed by atoms with van der Waals surface area (Å²) in [5.41, 5.74) is 2.57. The Balaban J connectivity index is 1.85. The van der Waals surface area contributed by atoms with Crippen molar-refractivity contribution >= 4 is 22.7 Å². The Morgan fingerprint density at radius 3 is 2.64 bits per heavy atom. The second-order valence-corrected chi connectivity index (χ2v) is 6.03. The van der Waals surface area contributed by atoms with E-state index in [1.54, 1.807) is 19.2 Å². The minimum Gasteiger partial charge on any atom is -0.493 e. The summed E-state index contributed by atoms with van der Waals surface area (Å²) in [5, 5.41) is 1.50. The van der Waals surface area contributed by atoms with Crippen LogP contribution in [0.1, 0.15) is 31.8 Å². The Bertz CT molecular complexity index is 1100. The van der Waals surface area contributed by atoms with E-state index in [4.69, 9.17) is 14.2 Å². The zero-order valence-corrected chi connectivity index (χ0v) is 13.3. The lowest BCUT2D eigenvalue weighted by molar-refractivity contribution is 0.0444. The Kier molecular flexibility index (Phi) is 2.71. The predicted molar refractivity (Wildman–Crippen MR) is 89.6 cm³/mol. The van der Waals surface area contributed by atoms with Crippen molar-refractivity contribution in [1.29, 1.82) is 0 Å². The molecule has 0 spiro atoms. The molecular formula is C20H12O5. The van der Waals surface area contributed by atoms with Gasteiger partial charge in [-0.15, -0.1) is 0 Å². The summed E-state index contributed by atoms with van der Waals surface area (Å²) in [7, 11) is 1.55. The number of ether oxygens (including phenoxy) is 3. The number of para-hydroxylation sites is 1. The molecule has 5 rings (SSSR count). The number of rotatable bonds is 1. The minimum absolute atomic E-state index is 0.289. The van der Waals surface area contributed by atoms with Gasteiger partial charge in [0.25, 0.3) is 0 Å². The van der Waals surface area contributed by atoms with Gasteiger partial charge in [0.15, 0.2) is 11.5 Å². The quantitative estimate of drug-likeness (QED) is 0.391. The molecule has 3 aromatic rings. The molecule has 0 aromatic heterocycles. The van der Waals surface area contributed by atoms with E-state index in [1.807, 2.05) is 30.3 Å². The second-order valence-electron chi connectivity index (χ2n) is 6.03. The lowest BCUT2D eigenvalue weighted by Gasteiger charge is -2.24. The summed E-state index contributed by atoms with van der Waals surface area (Å²) in [6.07, 6.45) is 0.654. The smallest absolute Gasteiger partial charge is 0.347 e. The molecule has 0 bridgehead atoms. The highest BCUT2D eigenvalue weighted by Gasteiger charge is 2.33. The van der Waals surface area contributed by atoms with Crippen molar-refractivity contribution in [3.8, 4) is 17.2 Å². The van der Waals surface area contributed by atoms with Crippen LogP contribution in [0.4, 0.5) is 0 Å². The Morgan fingerprint density at radius 2 is 1.80 bits per heavy atom. The molecule has 122 valence electrons. The molecule has 0 atom stereocenters.